The molecule has 6 rings (SSSR count). The molecule has 4 aromatic rings. The fourth-order valence-corrected chi connectivity index (χ4v) is 5.40. The zero-order valence-electron chi connectivity index (χ0n) is 20.6. The van der Waals surface area contributed by atoms with E-state index in [-0.39, 0.29) is 17.6 Å². The van der Waals surface area contributed by atoms with Crippen LogP contribution < -0.4 is 10.2 Å². The lowest BCUT2D eigenvalue weighted by Gasteiger charge is -2.34. The number of nitrogens with one attached hydrogen (secondary N) is 2. The number of anilines is 1. The van der Waals surface area contributed by atoms with E-state index in [1.807, 2.05) is 6.92 Å². The summed E-state index contributed by atoms with van der Waals surface area (Å²) in [7, 11) is 0. The van der Waals surface area contributed by atoms with Crippen LogP contribution in [0.25, 0.3) is 28.0 Å². The molecule has 4 aromatic heterocycles. The summed E-state index contributed by atoms with van der Waals surface area (Å²) < 4.78 is 52.2. The number of alkyl halides is 3. The lowest BCUT2D eigenvalue weighted by Crippen LogP contribution is -2.44. The van der Waals surface area contributed by atoms with Crippen molar-refractivity contribution >= 4 is 16.9 Å². The topological polar surface area (TPSA) is 102 Å². The highest BCUT2D eigenvalue weighted by molar-refractivity contribution is 5.96. The molecule has 1 unspecified atom stereocenters. The zero-order chi connectivity index (χ0) is 25.7. The third kappa shape index (κ3) is 4.15. The molecule has 0 spiro atoms. The van der Waals surface area contributed by atoms with E-state index < -0.39 is 11.9 Å². The standard InChI is InChI=1S/C24H28F3N9O/c1-14-13-37-10-9-34(14)20-11-17(18-12-30-36(23(18)31-20)19-5-8-29-32-19)21-15(2)35(16-3-6-28-7-4-16)33-22(21)24(25,26)27/h5,8,11-12,14,16,28H,3-4,6-7,9-10,13H2,1-2H3,(H,29,32). The Kier molecular flexibility index (Phi) is 5.91. The molecule has 0 aromatic carbocycles. The number of halogens is 3. The number of morpholine rings is 1. The van der Waals surface area contributed by atoms with Gasteiger partial charge in [0.15, 0.2) is 17.2 Å². The highest BCUT2D eigenvalue weighted by Crippen LogP contribution is 2.43. The summed E-state index contributed by atoms with van der Waals surface area (Å²) in [6.07, 6.45) is -0.0304. The molecule has 0 amide bonds. The summed E-state index contributed by atoms with van der Waals surface area (Å²) in [5.41, 5.74) is 0.532. The van der Waals surface area contributed by atoms with E-state index >= 15 is 0 Å². The van der Waals surface area contributed by atoms with E-state index in [1.54, 1.807) is 40.8 Å². The number of rotatable bonds is 4. The van der Waals surface area contributed by atoms with Crippen LogP contribution >= 0.6 is 0 Å². The van der Waals surface area contributed by atoms with Gasteiger partial charge in [0.1, 0.15) is 5.82 Å². The van der Waals surface area contributed by atoms with E-state index in [0.29, 0.717) is 53.7 Å². The van der Waals surface area contributed by atoms with Crippen molar-refractivity contribution in [2.75, 3.05) is 37.7 Å². The van der Waals surface area contributed by atoms with Crippen LogP contribution in [0.2, 0.25) is 0 Å². The first-order valence-electron chi connectivity index (χ1n) is 12.4. The number of aromatic nitrogens is 7. The molecule has 196 valence electrons. The van der Waals surface area contributed by atoms with Crippen molar-refractivity contribution in [3.8, 4) is 16.9 Å². The van der Waals surface area contributed by atoms with Crippen LogP contribution in [0.3, 0.4) is 0 Å². The number of fused-ring (bicyclic) bond motifs is 1. The second kappa shape index (κ2) is 9.14. The molecule has 10 nitrogen and oxygen atoms in total. The first-order chi connectivity index (χ1) is 17.8. The summed E-state index contributed by atoms with van der Waals surface area (Å²) >= 11 is 0. The first kappa shape index (κ1) is 23.9. The van der Waals surface area contributed by atoms with Crippen molar-refractivity contribution in [2.24, 2.45) is 0 Å². The van der Waals surface area contributed by atoms with Crippen LogP contribution in [-0.4, -0.2) is 73.6 Å². The van der Waals surface area contributed by atoms with Crippen LogP contribution in [0.4, 0.5) is 19.0 Å². The van der Waals surface area contributed by atoms with Crippen LogP contribution in [0.1, 0.15) is 37.2 Å². The van der Waals surface area contributed by atoms with Crippen LogP contribution in [0, 0.1) is 6.92 Å². The predicted octanol–water partition coefficient (Wildman–Crippen LogP) is 3.48. The summed E-state index contributed by atoms with van der Waals surface area (Å²) in [5.74, 6) is 1.14. The molecule has 0 saturated carbocycles. The molecule has 2 saturated heterocycles. The minimum absolute atomic E-state index is 0.00993. The van der Waals surface area contributed by atoms with Gasteiger partial charge in [-0.05, 0) is 45.8 Å². The largest absolute Gasteiger partial charge is 0.435 e. The van der Waals surface area contributed by atoms with Crippen LogP contribution in [0.5, 0.6) is 0 Å². The molecule has 2 N–H and O–H groups in total. The van der Waals surface area contributed by atoms with Gasteiger partial charge < -0.3 is 15.0 Å². The number of aromatic amines is 1. The third-order valence-electron chi connectivity index (χ3n) is 7.25. The highest BCUT2D eigenvalue weighted by Gasteiger charge is 2.41. The lowest BCUT2D eigenvalue weighted by molar-refractivity contribution is -0.141. The minimum atomic E-state index is -4.63. The SMILES string of the molecule is Cc1c(-c2cc(N3CCOCC3C)nc3c2cnn3-c2ccn[nH]2)c(C(F)(F)F)nn1C1CCNCC1. The molecule has 6 heterocycles. The van der Waals surface area contributed by atoms with Gasteiger partial charge in [0.2, 0.25) is 0 Å². The molecule has 0 radical (unpaired) electrons. The van der Waals surface area contributed by atoms with Crippen LogP contribution in [0.15, 0.2) is 24.5 Å². The number of hydrogen-bond donors (Lipinski definition) is 2. The first-order valence-corrected chi connectivity index (χ1v) is 12.4. The number of H-pyrrole nitrogens is 1. The van der Waals surface area contributed by atoms with Gasteiger partial charge in [0.05, 0.1) is 37.7 Å². The molecule has 1 atom stereocenters. The molecular formula is C24H28F3N9O. The van der Waals surface area contributed by atoms with Gasteiger partial charge in [-0.3, -0.25) is 9.78 Å². The van der Waals surface area contributed by atoms with Crippen molar-refractivity contribution in [3.63, 3.8) is 0 Å². The van der Waals surface area contributed by atoms with Gasteiger partial charge in [0, 0.05) is 34.8 Å². The van der Waals surface area contributed by atoms with Crippen LogP contribution in [-0.2, 0) is 10.9 Å². The average molecular weight is 516 g/mol. The van der Waals surface area contributed by atoms with Crippen molar-refractivity contribution in [1.29, 1.82) is 0 Å². The Morgan fingerprint density at radius 3 is 2.70 bits per heavy atom. The van der Waals surface area contributed by atoms with E-state index in [4.69, 9.17) is 9.72 Å². The van der Waals surface area contributed by atoms with E-state index in [2.05, 4.69) is 30.6 Å². The van der Waals surface area contributed by atoms with Crippen molar-refractivity contribution in [2.45, 2.75) is 44.9 Å². The Morgan fingerprint density at radius 2 is 2.00 bits per heavy atom. The fourth-order valence-electron chi connectivity index (χ4n) is 5.40. The van der Waals surface area contributed by atoms with E-state index in [1.165, 1.54) is 0 Å². The summed E-state index contributed by atoms with van der Waals surface area (Å²) in [4.78, 5) is 6.94. The van der Waals surface area contributed by atoms with E-state index in [0.717, 1.165) is 25.9 Å². The molecule has 0 bridgehead atoms. The average Bonchev–Trinajstić information content (AvgIpc) is 3.62. The summed E-state index contributed by atoms with van der Waals surface area (Å²) in [6.45, 7) is 6.83. The fraction of sp³-hybridized carbons (Fsp3) is 0.500. The monoisotopic (exact) mass is 515 g/mol. The molecule has 2 aliphatic rings. The van der Waals surface area contributed by atoms with E-state index in [9.17, 15) is 13.2 Å². The second-order valence-corrected chi connectivity index (χ2v) is 9.61. The molecular weight excluding hydrogens is 487 g/mol. The number of pyridine rings is 1. The number of piperidine rings is 1. The quantitative estimate of drug-likeness (QED) is 0.429. The van der Waals surface area contributed by atoms with Gasteiger partial charge in [-0.15, -0.1) is 0 Å². The molecule has 2 aliphatic heterocycles. The van der Waals surface area contributed by atoms with Gasteiger partial charge >= 0.3 is 6.18 Å². The smallest absolute Gasteiger partial charge is 0.377 e. The zero-order valence-corrected chi connectivity index (χ0v) is 20.6. The Morgan fingerprint density at radius 1 is 1.19 bits per heavy atom. The number of ether oxygens (including phenoxy) is 1. The Labute approximate surface area is 210 Å². The Balaban J connectivity index is 1.61. The van der Waals surface area contributed by atoms with Gasteiger partial charge in [0.25, 0.3) is 0 Å². The predicted molar refractivity (Wildman–Crippen MR) is 131 cm³/mol. The summed E-state index contributed by atoms with van der Waals surface area (Å²) in [6, 6.07) is 3.39. The van der Waals surface area contributed by atoms with Crippen molar-refractivity contribution in [1.82, 2.24) is 40.1 Å². The van der Waals surface area contributed by atoms with Gasteiger partial charge in [-0.2, -0.15) is 33.1 Å². The second-order valence-electron chi connectivity index (χ2n) is 9.61. The lowest BCUT2D eigenvalue weighted by atomic mass is 10.00. The number of hydrogen-bond acceptors (Lipinski definition) is 7. The third-order valence-corrected chi connectivity index (χ3v) is 7.25. The normalized spacial score (nSPS) is 19.7. The van der Waals surface area contributed by atoms with Gasteiger partial charge in [-0.1, -0.05) is 0 Å². The number of nitrogens with zero attached hydrogens (tertiary/aromatic N) is 7. The Bertz CT molecular complexity index is 1400. The minimum Gasteiger partial charge on any atom is -0.377 e. The molecule has 13 heteroatoms. The van der Waals surface area contributed by atoms with Crippen molar-refractivity contribution < 1.29 is 17.9 Å². The maximum absolute atomic E-state index is 14.5. The maximum atomic E-state index is 14.5. The Hall–Kier alpha value is -3.45. The van der Waals surface area contributed by atoms with Gasteiger partial charge in [-0.25, -0.2) is 4.98 Å². The molecule has 37 heavy (non-hydrogen) atoms. The molecule has 2 fully saturated rings. The highest BCUT2D eigenvalue weighted by atomic mass is 19.4. The summed E-state index contributed by atoms with van der Waals surface area (Å²) in [5, 5.41) is 19.3. The maximum Gasteiger partial charge on any atom is 0.435 e. The molecule has 0 aliphatic carbocycles. The van der Waals surface area contributed by atoms with Crippen molar-refractivity contribution in [3.05, 3.63) is 35.9 Å².